The van der Waals surface area contributed by atoms with Crippen LogP contribution in [0, 0.1) is 25.6 Å². The summed E-state index contributed by atoms with van der Waals surface area (Å²) in [6, 6.07) is 12.8. The molecule has 194 valence electrons. The van der Waals surface area contributed by atoms with Gasteiger partial charge >= 0.3 is 0 Å². The van der Waals surface area contributed by atoms with E-state index in [2.05, 4.69) is 5.16 Å². The number of carbonyl (C=O) groups is 1. The summed E-state index contributed by atoms with van der Waals surface area (Å²) in [7, 11) is 0. The van der Waals surface area contributed by atoms with Gasteiger partial charge in [-0.2, -0.15) is 4.98 Å². The Morgan fingerprint density at radius 2 is 1.78 bits per heavy atom. The predicted molar refractivity (Wildman–Crippen MR) is 140 cm³/mol. The number of nitrogens with two attached hydrogens (primary N) is 1. The monoisotopic (exact) mass is 505 g/mol. The van der Waals surface area contributed by atoms with Crippen molar-refractivity contribution in [2.75, 3.05) is 13.1 Å². The molecule has 37 heavy (non-hydrogen) atoms. The van der Waals surface area contributed by atoms with Crippen LogP contribution in [0.3, 0.4) is 0 Å². The van der Waals surface area contributed by atoms with Crippen LogP contribution >= 0.6 is 0 Å². The molecule has 0 aliphatic heterocycles. The van der Waals surface area contributed by atoms with Crippen molar-refractivity contribution in [1.82, 2.24) is 19.6 Å². The Hall–Kier alpha value is -3.85. The molecule has 2 aromatic heterocycles. The zero-order valence-electron chi connectivity index (χ0n) is 21.6. The number of rotatable bonds is 9. The van der Waals surface area contributed by atoms with Gasteiger partial charge in [-0.05, 0) is 62.6 Å². The number of carbonyl (C=O) groups excluding carboxylic acids is 1. The Labute approximate surface area is 214 Å². The van der Waals surface area contributed by atoms with E-state index in [0.29, 0.717) is 36.6 Å². The third kappa shape index (κ3) is 5.46. The first-order valence-electron chi connectivity index (χ1n) is 12.4. The van der Waals surface area contributed by atoms with Gasteiger partial charge in [-0.25, -0.2) is 4.39 Å². The second-order valence-corrected chi connectivity index (χ2v) is 9.63. The maximum atomic E-state index is 13.8. The van der Waals surface area contributed by atoms with Gasteiger partial charge in [0, 0.05) is 12.1 Å². The molecule has 4 aromatic rings. The van der Waals surface area contributed by atoms with E-state index in [1.807, 2.05) is 32.9 Å². The molecule has 4 rings (SSSR count). The molecule has 0 bridgehead atoms. The molecule has 8 nitrogen and oxygen atoms in total. The lowest BCUT2D eigenvalue weighted by Crippen LogP contribution is -2.42. The molecule has 2 heterocycles. The quantitative estimate of drug-likeness (QED) is 0.362. The number of aromatic nitrogens is 3. The molecule has 2 N–H and O–H groups in total. The van der Waals surface area contributed by atoms with Crippen LogP contribution in [0.1, 0.15) is 59.3 Å². The molecule has 1 atom stereocenters. The molecule has 0 aliphatic rings. The van der Waals surface area contributed by atoms with Gasteiger partial charge < -0.3 is 15.2 Å². The molecular formula is C28H32FN5O3. The second kappa shape index (κ2) is 11.0. The highest BCUT2D eigenvalue weighted by Crippen LogP contribution is 2.30. The molecule has 0 spiro atoms. The molecule has 1 amide bonds. The van der Waals surface area contributed by atoms with E-state index in [0.717, 1.165) is 11.1 Å². The van der Waals surface area contributed by atoms with E-state index in [4.69, 9.17) is 15.2 Å². The maximum Gasteiger partial charge on any atom is 0.267 e. The maximum absolute atomic E-state index is 13.8. The van der Waals surface area contributed by atoms with E-state index >= 15 is 0 Å². The zero-order chi connectivity index (χ0) is 26.7. The first kappa shape index (κ1) is 26.2. The lowest BCUT2D eigenvalue weighted by molar-refractivity contribution is 0.0602. The SMILES string of the molecule is Cc1ccc(C(=O)N(CCCN)C(c2nc3onc(C)c3c(=O)n2Cc2ccc(F)cc2)C(C)C)cc1. The van der Waals surface area contributed by atoms with Crippen LogP contribution in [-0.2, 0) is 6.54 Å². The first-order chi connectivity index (χ1) is 17.7. The van der Waals surface area contributed by atoms with Crippen molar-refractivity contribution in [3.05, 3.63) is 92.9 Å². The molecule has 9 heteroatoms. The van der Waals surface area contributed by atoms with Crippen LogP contribution < -0.4 is 11.3 Å². The minimum atomic E-state index is -0.566. The topological polar surface area (TPSA) is 107 Å². The van der Waals surface area contributed by atoms with Gasteiger partial charge in [0.2, 0.25) is 0 Å². The van der Waals surface area contributed by atoms with E-state index in [-0.39, 0.29) is 40.8 Å². The molecule has 0 aliphatic carbocycles. The van der Waals surface area contributed by atoms with Crippen molar-refractivity contribution < 1.29 is 13.7 Å². The largest absolute Gasteiger partial charge is 0.335 e. The third-order valence-electron chi connectivity index (χ3n) is 6.44. The van der Waals surface area contributed by atoms with Crippen molar-refractivity contribution in [3.8, 4) is 0 Å². The predicted octanol–water partition coefficient (Wildman–Crippen LogP) is 4.38. The number of aryl methyl sites for hydroxylation is 2. The minimum absolute atomic E-state index is 0.111. The number of hydrogen-bond acceptors (Lipinski definition) is 6. The summed E-state index contributed by atoms with van der Waals surface area (Å²) in [6.45, 7) is 8.54. The Morgan fingerprint density at radius 1 is 1.11 bits per heavy atom. The van der Waals surface area contributed by atoms with Crippen molar-refractivity contribution in [2.24, 2.45) is 11.7 Å². The van der Waals surface area contributed by atoms with Gasteiger partial charge in [0.25, 0.3) is 17.2 Å². The number of halogens is 1. The lowest BCUT2D eigenvalue weighted by atomic mass is 9.98. The van der Waals surface area contributed by atoms with E-state index < -0.39 is 6.04 Å². The van der Waals surface area contributed by atoms with Gasteiger partial charge in [0.1, 0.15) is 17.0 Å². The average Bonchev–Trinajstić information content (AvgIpc) is 3.25. The van der Waals surface area contributed by atoms with Crippen LogP contribution in [0.5, 0.6) is 0 Å². The molecule has 0 radical (unpaired) electrons. The molecule has 1 unspecified atom stereocenters. The van der Waals surface area contributed by atoms with Gasteiger partial charge in [-0.15, -0.1) is 0 Å². The van der Waals surface area contributed by atoms with Crippen molar-refractivity contribution in [2.45, 2.75) is 46.7 Å². The highest BCUT2D eigenvalue weighted by Gasteiger charge is 2.33. The van der Waals surface area contributed by atoms with Crippen LogP contribution in [-0.4, -0.2) is 38.6 Å². The lowest BCUT2D eigenvalue weighted by Gasteiger charge is -2.35. The second-order valence-electron chi connectivity index (χ2n) is 9.63. The third-order valence-corrected chi connectivity index (χ3v) is 6.44. The van der Waals surface area contributed by atoms with Crippen LogP contribution in [0.15, 0.2) is 57.8 Å². The fourth-order valence-corrected chi connectivity index (χ4v) is 4.52. The standard InChI is InChI=1S/C28H32FN5O3/c1-17(2)24(33(15-5-14-30)27(35)21-10-6-18(3)7-11-21)25-31-26-23(19(4)32-37-26)28(36)34(25)16-20-8-12-22(29)13-9-20/h6-13,17,24H,5,14-16,30H2,1-4H3. The molecule has 0 fully saturated rings. The molecule has 2 aromatic carbocycles. The van der Waals surface area contributed by atoms with Gasteiger partial charge in [0.05, 0.1) is 18.3 Å². The Bertz CT molecular complexity index is 1440. The number of hydrogen-bond donors (Lipinski definition) is 1. The zero-order valence-corrected chi connectivity index (χ0v) is 21.6. The Kier molecular flexibility index (Phi) is 7.83. The molecular weight excluding hydrogens is 473 g/mol. The Balaban J connectivity index is 1.90. The van der Waals surface area contributed by atoms with Gasteiger partial charge in [0.15, 0.2) is 0 Å². The van der Waals surface area contributed by atoms with Crippen LogP contribution in [0.4, 0.5) is 4.39 Å². The summed E-state index contributed by atoms with van der Waals surface area (Å²) >= 11 is 0. The molecule has 0 saturated carbocycles. The van der Waals surface area contributed by atoms with Crippen molar-refractivity contribution in [3.63, 3.8) is 0 Å². The van der Waals surface area contributed by atoms with Gasteiger partial charge in [-0.1, -0.05) is 48.8 Å². The summed E-state index contributed by atoms with van der Waals surface area (Å²) < 4.78 is 20.5. The average molecular weight is 506 g/mol. The highest BCUT2D eigenvalue weighted by molar-refractivity contribution is 5.94. The summed E-state index contributed by atoms with van der Waals surface area (Å²) in [5, 5.41) is 4.23. The fraction of sp³-hybridized carbons (Fsp3) is 0.357. The first-order valence-corrected chi connectivity index (χ1v) is 12.4. The highest BCUT2D eigenvalue weighted by atomic mass is 19.1. The summed E-state index contributed by atoms with van der Waals surface area (Å²) in [5.74, 6) is -0.273. The normalized spacial score (nSPS) is 12.3. The van der Waals surface area contributed by atoms with Crippen molar-refractivity contribution in [1.29, 1.82) is 0 Å². The van der Waals surface area contributed by atoms with Gasteiger partial charge in [-0.3, -0.25) is 14.2 Å². The van der Waals surface area contributed by atoms with Crippen LogP contribution in [0.25, 0.3) is 11.1 Å². The number of benzene rings is 2. The number of fused-ring (bicyclic) bond motifs is 1. The summed E-state index contributed by atoms with van der Waals surface area (Å²) in [6.07, 6.45) is 0.576. The van der Waals surface area contributed by atoms with Crippen molar-refractivity contribution >= 4 is 17.0 Å². The van der Waals surface area contributed by atoms with E-state index in [9.17, 15) is 14.0 Å². The van der Waals surface area contributed by atoms with E-state index in [1.54, 1.807) is 40.7 Å². The smallest absolute Gasteiger partial charge is 0.267 e. The van der Waals surface area contributed by atoms with E-state index in [1.165, 1.54) is 12.1 Å². The minimum Gasteiger partial charge on any atom is -0.335 e. The fourth-order valence-electron chi connectivity index (χ4n) is 4.52. The van der Waals surface area contributed by atoms with Crippen LogP contribution in [0.2, 0.25) is 0 Å². The summed E-state index contributed by atoms with van der Waals surface area (Å²) in [4.78, 5) is 34.1. The summed E-state index contributed by atoms with van der Waals surface area (Å²) in [5.41, 5.74) is 8.38. The number of amides is 1. The Morgan fingerprint density at radius 3 is 2.41 bits per heavy atom. The molecule has 0 saturated heterocycles. The number of nitrogens with zero attached hydrogens (tertiary/aromatic N) is 4.